The van der Waals surface area contributed by atoms with Gasteiger partial charge in [0.2, 0.25) is 5.91 Å². The Morgan fingerprint density at radius 3 is 2.83 bits per heavy atom. The Labute approximate surface area is 178 Å². The molecule has 3 heterocycles. The number of ether oxygens (including phenoxy) is 1. The molecule has 2 aromatic rings. The summed E-state index contributed by atoms with van der Waals surface area (Å²) in [4.78, 5) is 30.9. The molecule has 0 saturated carbocycles. The number of thiazole rings is 1. The number of rotatable bonds is 8. The van der Waals surface area contributed by atoms with Gasteiger partial charge in [0.05, 0.1) is 24.1 Å². The zero-order chi connectivity index (χ0) is 21.0. The lowest BCUT2D eigenvalue weighted by atomic mass is 10.2. The van der Waals surface area contributed by atoms with Crippen LogP contribution in [0.15, 0.2) is 5.16 Å². The normalized spacial score (nSPS) is 16.2. The van der Waals surface area contributed by atoms with Gasteiger partial charge in [0.1, 0.15) is 10.7 Å². The first kappa shape index (κ1) is 21.7. The van der Waals surface area contributed by atoms with E-state index in [9.17, 15) is 9.59 Å². The molecule has 0 spiro atoms. The summed E-state index contributed by atoms with van der Waals surface area (Å²) in [6.45, 7) is 5.30. The number of thioether (sulfide) groups is 1. The maximum atomic E-state index is 12.4. The highest BCUT2D eigenvalue weighted by atomic mass is 32.2. The van der Waals surface area contributed by atoms with E-state index in [1.54, 1.807) is 21.0 Å². The Morgan fingerprint density at radius 2 is 2.17 bits per heavy atom. The van der Waals surface area contributed by atoms with Gasteiger partial charge in [-0.2, -0.15) is 0 Å². The number of amides is 2. The Morgan fingerprint density at radius 1 is 1.38 bits per heavy atom. The van der Waals surface area contributed by atoms with E-state index in [4.69, 9.17) is 4.74 Å². The molecule has 1 atom stereocenters. The molecule has 29 heavy (non-hydrogen) atoms. The minimum atomic E-state index is -0.197. The Balaban J connectivity index is 1.60. The van der Waals surface area contributed by atoms with Gasteiger partial charge in [0.15, 0.2) is 10.3 Å². The molecule has 1 aliphatic rings. The third kappa shape index (κ3) is 5.34. The average molecular weight is 439 g/mol. The fraction of sp³-hybridized carbons (Fsp3) is 0.611. The Bertz CT molecular complexity index is 873. The Kier molecular flexibility index (Phi) is 7.25. The number of carbonyl (C=O) groups excluding carboxylic acids is 2. The van der Waals surface area contributed by atoms with Crippen LogP contribution in [0.2, 0.25) is 0 Å². The van der Waals surface area contributed by atoms with Crippen LogP contribution >= 0.6 is 23.1 Å². The van der Waals surface area contributed by atoms with Crippen molar-refractivity contribution >= 4 is 40.0 Å². The predicted molar refractivity (Wildman–Crippen MR) is 113 cm³/mol. The minimum absolute atomic E-state index is 0.121. The number of hydrogen-bond donors (Lipinski definition) is 1. The predicted octanol–water partition coefficient (Wildman–Crippen LogP) is 2.22. The number of nitrogens with zero attached hydrogens (tertiary/aromatic N) is 5. The lowest BCUT2D eigenvalue weighted by molar-refractivity contribution is -0.113. The van der Waals surface area contributed by atoms with E-state index >= 15 is 0 Å². The number of nitrogens with one attached hydrogen (secondary N) is 1. The molecule has 3 rings (SSSR count). The van der Waals surface area contributed by atoms with Crippen molar-refractivity contribution in [2.45, 2.75) is 50.9 Å². The van der Waals surface area contributed by atoms with E-state index in [1.165, 1.54) is 28.0 Å². The van der Waals surface area contributed by atoms with Gasteiger partial charge in [-0.05, 0) is 19.8 Å². The van der Waals surface area contributed by atoms with Gasteiger partial charge in [-0.25, -0.2) is 4.98 Å². The van der Waals surface area contributed by atoms with Crippen LogP contribution in [-0.2, 0) is 22.5 Å². The van der Waals surface area contributed by atoms with Crippen molar-refractivity contribution in [3.63, 3.8) is 0 Å². The molecule has 1 unspecified atom stereocenters. The zero-order valence-corrected chi connectivity index (χ0v) is 18.7. The van der Waals surface area contributed by atoms with Gasteiger partial charge in [-0.15, -0.1) is 10.2 Å². The van der Waals surface area contributed by atoms with Gasteiger partial charge >= 0.3 is 0 Å². The molecule has 1 aliphatic heterocycles. The largest absolute Gasteiger partial charge is 0.376 e. The summed E-state index contributed by atoms with van der Waals surface area (Å²) in [7, 11) is 3.38. The highest BCUT2D eigenvalue weighted by Crippen LogP contribution is 2.25. The third-order valence-electron chi connectivity index (χ3n) is 4.50. The maximum absolute atomic E-state index is 12.4. The smallest absolute Gasteiger partial charge is 0.265 e. The Hall–Kier alpha value is -1.98. The van der Waals surface area contributed by atoms with Gasteiger partial charge in [-0.1, -0.05) is 30.0 Å². The summed E-state index contributed by atoms with van der Waals surface area (Å²) in [6, 6.07) is 0. The van der Waals surface area contributed by atoms with E-state index in [0.29, 0.717) is 27.4 Å². The molecule has 11 heteroatoms. The van der Waals surface area contributed by atoms with Crippen molar-refractivity contribution in [3.05, 3.63) is 16.4 Å². The number of hydrogen-bond acceptors (Lipinski definition) is 8. The van der Waals surface area contributed by atoms with Crippen LogP contribution in [0.3, 0.4) is 0 Å². The highest BCUT2D eigenvalue weighted by molar-refractivity contribution is 7.99. The van der Waals surface area contributed by atoms with Crippen molar-refractivity contribution < 1.29 is 14.3 Å². The summed E-state index contributed by atoms with van der Waals surface area (Å²) in [6.07, 6.45) is 3.05. The van der Waals surface area contributed by atoms with Crippen LogP contribution in [-0.4, -0.2) is 69.0 Å². The molecule has 2 aromatic heterocycles. The topological polar surface area (TPSA) is 102 Å². The number of aryl methyl sites for hydroxylation is 2. The first-order chi connectivity index (χ1) is 13.9. The molecule has 0 aromatic carbocycles. The monoisotopic (exact) mass is 438 g/mol. The summed E-state index contributed by atoms with van der Waals surface area (Å²) in [5, 5.41) is 12.4. The molecule has 158 valence electrons. The second-order valence-electron chi connectivity index (χ2n) is 6.97. The van der Waals surface area contributed by atoms with Crippen LogP contribution < -0.4 is 5.32 Å². The van der Waals surface area contributed by atoms with Gasteiger partial charge < -0.3 is 19.5 Å². The molecular formula is C18H26N6O3S2. The first-order valence-electron chi connectivity index (χ1n) is 9.54. The molecular weight excluding hydrogens is 412 g/mol. The highest BCUT2D eigenvalue weighted by Gasteiger charge is 2.22. The van der Waals surface area contributed by atoms with Crippen molar-refractivity contribution in [3.8, 4) is 0 Å². The standard InChI is InChI=1S/C18H26N6O3S2/c1-5-13-21-22-18(24(13)9-12-7-6-8-27-12)28-10-14(25)20-17-19-11(2)15(29-17)16(26)23(3)4/h12H,5-10H2,1-4H3,(H,19,20,25). The summed E-state index contributed by atoms with van der Waals surface area (Å²) in [5.74, 6) is 0.760. The van der Waals surface area contributed by atoms with Gasteiger partial charge in [0, 0.05) is 27.1 Å². The van der Waals surface area contributed by atoms with Crippen molar-refractivity contribution in [1.82, 2.24) is 24.6 Å². The van der Waals surface area contributed by atoms with Crippen molar-refractivity contribution in [2.75, 3.05) is 31.8 Å². The molecule has 1 fully saturated rings. The van der Waals surface area contributed by atoms with Gasteiger partial charge in [0.25, 0.3) is 5.91 Å². The van der Waals surface area contributed by atoms with E-state index < -0.39 is 0 Å². The third-order valence-corrected chi connectivity index (χ3v) is 6.52. The van der Waals surface area contributed by atoms with Crippen molar-refractivity contribution in [2.24, 2.45) is 0 Å². The van der Waals surface area contributed by atoms with Crippen LogP contribution in [0.5, 0.6) is 0 Å². The number of aromatic nitrogens is 4. The first-order valence-corrected chi connectivity index (χ1v) is 11.3. The van der Waals surface area contributed by atoms with E-state index in [1.807, 2.05) is 6.92 Å². The molecule has 0 radical (unpaired) electrons. The minimum Gasteiger partial charge on any atom is -0.376 e. The summed E-state index contributed by atoms with van der Waals surface area (Å²) in [5.41, 5.74) is 0.612. The zero-order valence-electron chi connectivity index (χ0n) is 17.1. The van der Waals surface area contributed by atoms with Crippen LogP contribution in [0, 0.1) is 6.92 Å². The molecule has 1 N–H and O–H groups in total. The molecule has 1 saturated heterocycles. The van der Waals surface area contributed by atoms with Crippen molar-refractivity contribution in [1.29, 1.82) is 0 Å². The van der Waals surface area contributed by atoms with Crippen LogP contribution in [0.25, 0.3) is 0 Å². The fourth-order valence-corrected chi connectivity index (χ4v) is 4.77. The molecule has 0 aliphatic carbocycles. The second kappa shape index (κ2) is 9.68. The second-order valence-corrected chi connectivity index (χ2v) is 8.91. The number of anilines is 1. The molecule has 2 amide bonds. The van der Waals surface area contributed by atoms with E-state index in [2.05, 4.69) is 25.1 Å². The summed E-state index contributed by atoms with van der Waals surface area (Å²) < 4.78 is 7.78. The number of carbonyl (C=O) groups is 2. The quantitative estimate of drug-likeness (QED) is 0.631. The lowest BCUT2D eigenvalue weighted by Gasteiger charge is -2.14. The molecule has 9 nitrogen and oxygen atoms in total. The van der Waals surface area contributed by atoms with Crippen LogP contribution in [0.1, 0.15) is 41.0 Å². The fourth-order valence-electron chi connectivity index (χ4n) is 3.00. The van der Waals surface area contributed by atoms with Gasteiger partial charge in [-0.3, -0.25) is 9.59 Å². The lowest BCUT2D eigenvalue weighted by Crippen LogP contribution is -2.21. The van der Waals surface area contributed by atoms with E-state index in [0.717, 1.165) is 31.7 Å². The maximum Gasteiger partial charge on any atom is 0.265 e. The summed E-state index contributed by atoms with van der Waals surface area (Å²) >= 11 is 2.52. The van der Waals surface area contributed by atoms with Crippen LogP contribution in [0.4, 0.5) is 5.13 Å². The molecule has 0 bridgehead atoms. The average Bonchev–Trinajstić information content (AvgIpc) is 3.40. The van der Waals surface area contributed by atoms with E-state index in [-0.39, 0.29) is 23.7 Å². The SMILES string of the molecule is CCc1nnc(SCC(=O)Nc2nc(C)c(C(=O)N(C)C)s2)n1CC1CCCO1.